The fourth-order valence-corrected chi connectivity index (χ4v) is 4.83. The Labute approximate surface area is 202 Å². The van der Waals surface area contributed by atoms with Crippen LogP contribution in [0.25, 0.3) is 11.0 Å². The first kappa shape index (κ1) is 21.9. The van der Waals surface area contributed by atoms with E-state index in [4.69, 9.17) is 14.0 Å². The first-order valence-corrected chi connectivity index (χ1v) is 11.8. The Morgan fingerprint density at radius 3 is 2.49 bits per heavy atom. The molecule has 1 fully saturated rings. The van der Waals surface area contributed by atoms with E-state index in [1.807, 2.05) is 12.1 Å². The molecule has 0 saturated carbocycles. The van der Waals surface area contributed by atoms with E-state index in [1.165, 1.54) is 11.6 Å². The van der Waals surface area contributed by atoms with Crippen LogP contribution in [0.3, 0.4) is 0 Å². The minimum absolute atomic E-state index is 0.189. The highest BCUT2D eigenvalue weighted by atomic mass is 19.1. The van der Waals surface area contributed by atoms with Crippen molar-refractivity contribution in [2.45, 2.75) is 19.5 Å². The van der Waals surface area contributed by atoms with Crippen molar-refractivity contribution >= 4 is 11.0 Å². The molecule has 1 N–H and O–H groups in total. The maximum Gasteiger partial charge on any atom is 0.231 e. The van der Waals surface area contributed by atoms with E-state index in [2.05, 4.69) is 27.1 Å². The Morgan fingerprint density at radius 1 is 0.886 bits per heavy atom. The highest BCUT2D eigenvalue weighted by Crippen LogP contribution is 2.34. The minimum atomic E-state index is -0.263. The number of ether oxygens (including phenoxy) is 2. The maximum absolute atomic E-state index is 14.1. The van der Waals surface area contributed by atoms with Gasteiger partial charge >= 0.3 is 0 Å². The predicted octanol–water partition coefficient (Wildman–Crippen LogP) is 4.31. The summed E-state index contributed by atoms with van der Waals surface area (Å²) in [5, 5.41) is 15.6. The number of rotatable bonds is 6. The highest BCUT2D eigenvalue weighted by molar-refractivity contribution is 5.84. The molecule has 0 amide bonds. The van der Waals surface area contributed by atoms with Gasteiger partial charge in [0.15, 0.2) is 17.1 Å². The SMILES string of the molecule is Oc1ccc2c(Cc3ccccc3F)noc2c1CN1CCN(Cc2ccc3c(c2)OCO3)CC1. The Hall–Kier alpha value is -3.62. The molecule has 1 aromatic heterocycles. The minimum Gasteiger partial charge on any atom is -0.507 e. The van der Waals surface area contributed by atoms with E-state index in [1.54, 1.807) is 24.3 Å². The van der Waals surface area contributed by atoms with Crippen LogP contribution in [0.1, 0.15) is 22.4 Å². The molecule has 0 unspecified atom stereocenters. The molecule has 35 heavy (non-hydrogen) atoms. The van der Waals surface area contributed by atoms with Crippen LogP contribution in [0.4, 0.5) is 4.39 Å². The second-order valence-electron chi connectivity index (χ2n) is 9.08. The Morgan fingerprint density at radius 2 is 1.66 bits per heavy atom. The van der Waals surface area contributed by atoms with E-state index in [-0.39, 0.29) is 18.4 Å². The van der Waals surface area contributed by atoms with E-state index < -0.39 is 0 Å². The lowest BCUT2D eigenvalue weighted by Crippen LogP contribution is -2.45. The number of fused-ring (bicyclic) bond motifs is 2. The summed E-state index contributed by atoms with van der Waals surface area (Å²) in [4.78, 5) is 4.72. The van der Waals surface area contributed by atoms with Crippen LogP contribution in [0.5, 0.6) is 17.2 Å². The molecule has 4 aromatic rings. The molecule has 1 saturated heterocycles. The fourth-order valence-electron chi connectivity index (χ4n) is 4.83. The van der Waals surface area contributed by atoms with Gasteiger partial charge in [-0.1, -0.05) is 29.4 Å². The molecule has 3 heterocycles. The third-order valence-corrected chi connectivity index (χ3v) is 6.80. The number of hydrogen-bond acceptors (Lipinski definition) is 7. The first-order chi connectivity index (χ1) is 17.1. The van der Waals surface area contributed by atoms with Gasteiger partial charge in [-0.2, -0.15) is 0 Å². The number of benzene rings is 3. The van der Waals surface area contributed by atoms with E-state index >= 15 is 0 Å². The molecule has 0 spiro atoms. The summed E-state index contributed by atoms with van der Waals surface area (Å²) in [6.45, 7) is 5.28. The van der Waals surface area contributed by atoms with Gasteiger partial charge in [0.25, 0.3) is 0 Å². The average molecular weight is 476 g/mol. The van der Waals surface area contributed by atoms with Crippen LogP contribution < -0.4 is 9.47 Å². The van der Waals surface area contributed by atoms with Crippen molar-refractivity contribution in [3.63, 3.8) is 0 Å². The number of hydrogen-bond donors (Lipinski definition) is 1. The van der Waals surface area contributed by atoms with Gasteiger partial charge in [0.1, 0.15) is 11.6 Å². The number of halogens is 1. The van der Waals surface area contributed by atoms with Crippen LogP contribution in [0.15, 0.2) is 59.1 Å². The smallest absolute Gasteiger partial charge is 0.231 e. The van der Waals surface area contributed by atoms with Crippen LogP contribution in [0.2, 0.25) is 0 Å². The Balaban J connectivity index is 1.13. The summed E-state index contributed by atoms with van der Waals surface area (Å²) >= 11 is 0. The van der Waals surface area contributed by atoms with Crippen molar-refractivity contribution in [2.75, 3.05) is 33.0 Å². The number of aromatic hydroxyl groups is 1. The van der Waals surface area contributed by atoms with Crippen LogP contribution in [-0.4, -0.2) is 53.0 Å². The number of phenolic OH excluding ortho intramolecular Hbond substituents is 1. The maximum atomic E-state index is 14.1. The summed E-state index contributed by atoms with van der Waals surface area (Å²) in [5.41, 5.74) is 3.73. The van der Waals surface area contributed by atoms with Crippen LogP contribution in [0, 0.1) is 5.82 Å². The topological polar surface area (TPSA) is 71.2 Å². The van der Waals surface area contributed by atoms with Gasteiger partial charge in [-0.25, -0.2) is 4.39 Å². The van der Waals surface area contributed by atoms with Gasteiger partial charge < -0.3 is 19.1 Å². The summed E-state index contributed by atoms with van der Waals surface area (Å²) in [5.74, 6) is 1.54. The molecule has 0 bridgehead atoms. The van der Waals surface area contributed by atoms with Crippen LogP contribution in [-0.2, 0) is 19.5 Å². The Bertz CT molecular complexity index is 1360. The highest BCUT2D eigenvalue weighted by Gasteiger charge is 2.23. The summed E-state index contributed by atoms with van der Waals surface area (Å²) in [7, 11) is 0. The molecule has 2 aliphatic heterocycles. The zero-order chi connectivity index (χ0) is 23.8. The average Bonchev–Trinajstić information content (AvgIpc) is 3.50. The Kier molecular flexibility index (Phi) is 5.75. The molecular formula is C27H26FN3O4. The van der Waals surface area contributed by atoms with Gasteiger partial charge in [-0.15, -0.1) is 0 Å². The van der Waals surface area contributed by atoms with Crippen molar-refractivity contribution in [1.82, 2.24) is 15.0 Å². The van der Waals surface area contributed by atoms with Crippen molar-refractivity contribution in [3.8, 4) is 17.2 Å². The van der Waals surface area contributed by atoms with Crippen molar-refractivity contribution in [2.24, 2.45) is 0 Å². The summed E-state index contributed by atoms with van der Waals surface area (Å²) < 4.78 is 30.7. The second-order valence-corrected chi connectivity index (χ2v) is 9.08. The molecule has 180 valence electrons. The zero-order valence-corrected chi connectivity index (χ0v) is 19.2. The number of nitrogens with zero attached hydrogens (tertiary/aromatic N) is 3. The fraction of sp³-hybridized carbons (Fsp3) is 0.296. The predicted molar refractivity (Wildman–Crippen MR) is 128 cm³/mol. The molecule has 0 aliphatic carbocycles. The third kappa shape index (κ3) is 4.42. The quantitative estimate of drug-likeness (QED) is 0.446. The largest absolute Gasteiger partial charge is 0.507 e. The molecule has 8 heteroatoms. The second kappa shape index (κ2) is 9.20. The van der Waals surface area contributed by atoms with Crippen molar-refractivity contribution in [3.05, 3.63) is 82.8 Å². The number of phenols is 1. The standard InChI is InChI=1S/C27H26FN3O4/c28-22-4-2-1-3-19(22)14-23-20-6-7-24(32)21(27(20)35-29-23)16-31-11-9-30(10-12-31)15-18-5-8-25-26(13-18)34-17-33-25/h1-8,13,32H,9-12,14-17H2. The monoisotopic (exact) mass is 475 g/mol. The van der Waals surface area contributed by atoms with Gasteiger partial charge in [0.05, 0.1) is 11.3 Å². The molecule has 0 radical (unpaired) electrons. The third-order valence-electron chi connectivity index (χ3n) is 6.80. The van der Waals surface area contributed by atoms with Crippen molar-refractivity contribution < 1.29 is 23.5 Å². The summed E-state index contributed by atoms with van der Waals surface area (Å²) in [6, 6.07) is 16.3. The van der Waals surface area contributed by atoms with Crippen molar-refractivity contribution in [1.29, 1.82) is 0 Å². The molecule has 3 aromatic carbocycles. The number of piperazine rings is 1. The lowest BCUT2D eigenvalue weighted by atomic mass is 10.0. The molecule has 6 rings (SSSR count). The number of aromatic nitrogens is 1. The lowest BCUT2D eigenvalue weighted by molar-refractivity contribution is 0.121. The first-order valence-electron chi connectivity index (χ1n) is 11.8. The van der Waals surface area contributed by atoms with E-state index in [0.717, 1.165) is 55.2 Å². The van der Waals surface area contributed by atoms with E-state index in [0.29, 0.717) is 29.8 Å². The zero-order valence-electron chi connectivity index (χ0n) is 19.2. The van der Waals surface area contributed by atoms with Gasteiger partial charge in [-0.05, 0) is 41.5 Å². The normalized spacial score (nSPS) is 16.3. The van der Waals surface area contributed by atoms with Crippen LogP contribution >= 0.6 is 0 Å². The van der Waals surface area contributed by atoms with E-state index in [9.17, 15) is 9.50 Å². The molecular weight excluding hydrogens is 449 g/mol. The van der Waals surface area contributed by atoms with Gasteiger partial charge in [0, 0.05) is 51.1 Å². The molecule has 0 atom stereocenters. The van der Waals surface area contributed by atoms with Gasteiger partial charge in [0.2, 0.25) is 6.79 Å². The lowest BCUT2D eigenvalue weighted by Gasteiger charge is -2.34. The molecule has 2 aliphatic rings. The summed E-state index contributed by atoms with van der Waals surface area (Å²) in [6.07, 6.45) is 0.336. The molecule has 7 nitrogen and oxygen atoms in total. The van der Waals surface area contributed by atoms with Gasteiger partial charge in [-0.3, -0.25) is 9.80 Å².